The van der Waals surface area contributed by atoms with Gasteiger partial charge in [0.25, 0.3) is 5.56 Å². The first-order valence-electron chi connectivity index (χ1n) is 9.41. The van der Waals surface area contributed by atoms with Crippen molar-refractivity contribution >= 4 is 0 Å². The van der Waals surface area contributed by atoms with Gasteiger partial charge in [-0.1, -0.05) is 6.07 Å². The van der Waals surface area contributed by atoms with Gasteiger partial charge in [-0.3, -0.25) is 14.7 Å². The molecule has 2 aromatic heterocycles. The fourth-order valence-electron chi connectivity index (χ4n) is 3.49. The predicted octanol–water partition coefficient (Wildman–Crippen LogP) is 2.11. The van der Waals surface area contributed by atoms with Crippen LogP contribution in [-0.2, 0) is 19.5 Å². The summed E-state index contributed by atoms with van der Waals surface area (Å²) in [5.74, 6) is 1.87. The van der Waals surface area contributed by atoms with Crippen LogP contribution in [-0.4, -0.2) is 45.6 Å². The van der Waals surface area contributed by atoms with Crippen LogP contribution in [0.25, 0.3) is 11.5 Å². The molecule has 0 unspecified atom stereocenters. The summed E-state index contributed by atoms with van der Waals surface area (Å²) in [7, 11) is 3.24. The molecule has 0 amide bonds. The molecule has 1 N–H and O–H groups in total. The lowest BCUT2D eigenvalue weighted by atomic mass is 10.1. The summed E-state index contributed by atoms with van der Waals surface area (Å²) in [5, 5.41) is 0. The van der Waals surface area contributed by atoms with Crippen LogP contribution in [0.2, 0.25) is 0 Å². The number of rotatable bonds is 5. The second kappa shape index (κ2) is 8.00. The van der Waals surface area contributed by atoms with Gasteiger partial charge in [0, 0.05) is 32.3 Å². The van der Waals surface area contributed by atoms with Crippen LogP contribution in [0.15, 0.2) is 35.4 Å². The van der Waals surface area contributed by atoms with E-state index in [1.165, 1.54) is 0 Å². The Kier molecular flexibility index (Phi) is 5.26. The number of aryl methyl sites for hydroxylation is 1. The minimum atomic E-state index is -0.121. The highest BCUT2D eigenvalue weighted by Gasteiger charge is 2.22. The first-order valence-corrected chi connectivity index (χ1v) is 9.41. The van der Waals surface area contributed by atoms with Gasteiger partial charge in [-0.15, -0.1) is 0 Å². The molecule has 0 fully saturated rings. The molecule has 0 atom stereocenters. The van der Waals surface area contributed by atoms with E-state index in [1.807, 2.05) is 25.1 Å². The van der Waals surface area contributed by atoms with E-state index in [4.69, 9.17) is 9.47 Å². The van der Waals surface area contributed by atoms with Crippen molar-refractivity contribution in [3.63, 3.8) is 0 Å². The zero-order valence-electron chi connectivity index (χ0n) is 16.7. The summed E-state index contributed by atoms with van der Waals surface area (Å²) in [5.41, 5.74) is 3.91. The Balaban J connectivity index is 1.54. The molecule has 3 aromatic rings. The summed E-state index contributed by atoms with van der Waals surface area (Å²) in [6.07, 6.45) is 4.00. The van der Waals surface area contributed by atoms with Crippen molar-refractivity contribution in [2.24, 2.45) is 0 Å². The lowest BCUT2D eigenvalue weighted by molar-refractivity contribution is 0.241. The second-order valence-corrected chi connectivity index (χ2v) is 7.03. The standard InChI is InChI=1S/C21H23N5O3/c1-13-9-23-17(10-22-13)20-24-16-6-7-26(12-15(16)21(27)25-20)11-14-4-5-18(28-2)19(8-14)29-3/h4-5,8-10H,6-7,11-12H2,1-3H3,(H,24,25,27). The summed E-state index contributed by atoms with van der Waals surface area (Å²) < 4.78 is 10.7. The number of methoxy groups -OCH3 is 2. The van der Waals surface area contributed by atoms with Crippen LogP contribution in [0.1, 0.15) is 22.5 Å². The molecule has 29 heavy (non-hydrogen) atoms. The van der Waals surface area contributed by atoms with E-state index < -0.39 is 0 Å². The molecule has 150 valence electrons. The number of nitrogens with zero attached hydrogens (tertiary/aromatic N) is 4. The van der Waals surface area contributed by atoms with Gasteiger partial charge in [0.1, 0.15) is 5.69 Å². The Hall–Kier alpha value is -3.26. The molecule has 4 rings (SSSR count). The van der Waals surface area contributed by atoms with Crippen molar-refractivity contribution in [2.75, 3.05) is 20.8 Å². The Labute approximate surface area is 168 Å². The topological polar surface area (TPSA) is 93.2 Å². The third kappa shape index (κ3) is 3.97. The summed E-state index contributed by atoms with van der Waals surface area (Å²) in [6.45, 7) is 3.94. The maximum absolute atomic E-state index is 12.7. The lowest BCUT2D eigenvalue weighted by Gasteiger charge is -2.27. The highest BCUT2D eigenvalue weighted by Crippen LogP contribution is 2.28. The zero-order valence-corrected chi connectivity index (χ0v) is 16.7. The molecule has 0 radical (unpaired) electrons. The Bertz CT molecular complexity index is 1080. The number of hydrogen-bond donors (Lipinski definition) is 1. The molecular weight excluding hydrogens is 370 g/mol. The van der Waals surface area contributed by atoms with E-state index >= 15 is 0 Å². The highest BCUT2D eigenvalue weighted by molar-refractivity contribution is 5.48. The van der Waals surface area contributed by atoms with Gasteiger partial charge in [0.05, 0.1) is 37.4 Å². The van der Waals surface area contributed by atoms with Crippen LogP contribution in [0, 0.1) is 6.92 Å². The van der Waals surface area contributed by atoms with E-state index in [0.29, 0.717) is 48.1 Å². The van der Waals surface area contributed by atoms with Crippen LogP contribution < -0.4 is 15.0 Å². The number of nitrogens with one attached hydrogen (secondary N) is 1. The fraction of sp³-hybridized carbons (Fsp3) is 0.333. The van der Waals surface area contributed by atoms with Gasteiger partial charge < -0.3 is 14.5 Å². The van der Waals surface area contributed by atoms with Crippen molar-refractivity contribution in [3.05, 3.63) is 63.5 Å². The number of benzene rings is 1. The van der Waals surface area contributed by atoms with E-state index in [1.54, 1.807) is 26.6 Å². The van der Waals surface area contributed by atoms with E-state index in [9.17, 15) is 4.79 Å². The number of aromatic amines is 1. The number of ether oxygens (including phenoxy) is 2. The first kappa shape index (κ1) is 19.1. The van der Waals surface area contributed by atoms with Crippen molar-refractivity contribution in [3.8, 4) is 23.0 Å². The number of fused-ring (bicyclic) bond motifs is 1. The summed E-state index contributed by atoms with van der Waals surface area (Å²) >= 11 is 0. The third-order valence-electron chi connectivity index (χ3n) is 5.03. The monoisotopic (exact) mass is 393 g/mol. The fourth-order valence-corrected chi connectivity index (χ4v) is 3.49. The van der Waals surface area contributed by atoms with Crippen LogP contribution >= 0.6 is 0 Å². The van der Waals surface area contributed by atoms with Crippen LogP contribution in [0.3, 0.4) is 0 Å². The molecule has 0 saturated carbocycles. The van der Waals surface area contributed by atoms with Gasteiger partial charge in [-0.2, -0.15) is 0 Å². The summed E-state index contributed by atoms with van der Waals surface area (Å²) in [4.78, 5) is 31.0. The number of aromatic nitrogens is 4. The largest absolute Gasteiger partial charge is 0.493 e. The number of hydrogen-bond acceptors (Lipinski definition) is 7. The normalized spacial score (nSPS) is 13.8. The van der Waals surface area contributed by atoms with Gasteiger partial charge in [-0.05, 0) is 24.6 Å². The maximum Gasteiger partial charge on any atom is 0.255 e. The van der Waals surface area contributed by atoms with Gasteiger partial charge in [-0.25, -0.2) is 9.97 Å². The molecule has 8 heteroatoms. The Morgan fingerprint density at radius 1 is 1.14 bits per heavy atom. The van der Waals surface area contributed by atoms with Gasteiger partial charge >= 0.3 is 0 Å². The van der Waals surface area contributed by atoms with E-state index in [-0.39, 0.29) is 5.56 Å². The molecule has 1 aromatic carbocycles. The maximum atomic E-state index is 12.7. The highest BCUT2D eigenvalue weighted by atomic mass is 16.5. The molecule has 1 aliphatic rings. The Morgan fingerprint density at radius 2 is 1.97 bits per heavy atom. The molecule has 0 spiro atoms. The molecule has 0 saturated heterocycles. The molecule has 3 heterocycles. The Morgan fingerprint density at radius 3 is 2.69 bits per heavy atom. The molecular formula is C21H23N5O3. The minimum Gasteiger partial charge on any atom is -0.493 e. The van der Waals surface area contributed by atoms with Crippen LogP contribution in [0.4, 0.5) is 0 Å². The van der Waals surface area contributed by atoms with Gasteiger partial charge in [0.15, 0.2) is 17.3 Å². The molecule has 0 aliphatic carbocycles. The van der Waals surface area contributed by atoms with Crippen molar-refractivity contribution < 1.29 is 9.47 Å². The average Bonchev–Trinajstić information content (AvgIpc) is 2.74. The van der Waals surface area contributed by atoms with Crippen LogP contribution in [0.5, 0.6) is 11.5 Å². The van der Waals surface area contributed by atoms with Crippen molar-refractivity contribution in [1.29, 1.82) is 0 Å². The average molecular weight is 393 g/mol. The van der Waals surface area contributed by atoms with E-state index in [2.05, 4.69) is 24.8 Å². The predicted molar refractivity (Wildman–Crippen MR) is 108 cm³/mol. The van der Waals surface area contributed by atoms with E-state index in [0.717, 1.165) is 23.5 Å². The zero-order chi connectivity index (χ0) is 20.4. The summed E-state index contributed by atoms with van der Waals surface area (Å²) in [6, 6.07) is 5.88. The quantitative estimate of drug-likeness (QED) is 0.710. The lowest BCUT2D eigenvalue weighted by Crippen LogP contribution is -2.35. The molecule has 1 aliphatic heterocycles. The second-order valence-electron chi connectivity index (χ2n) is 7.03. The van der Waals surface area contributed by atoms with Crippen molar-refractivity contribution in [1.82, 2.24) is 24.8 Å². The van der Waals surface area contributed by atoms with Crippen molar-refractivity contribution in [2.45, 2.75) is 26.4 Å². The first-order chi connectivity index (χ1) is 14.1. The minimum absolute atomic E-state index is 0.121. The molecule has 8 nitrogen and oxygen atoms in total. The number of H-pyrrole nitrogens is 1. The third-order valence-corrected chi connectivity index (χ3v) is 5.03. The van der Waals surface area contributed by atoms with Gasteiger partial charge in [0.2, 0.25) is 0 Å². The smallest absolute Gasteiger partial charge is 0.255 e. The molecule has 0 bridgehead atoms. The SMILES string of the molecule is COc1ccc(CN2CCc3nc(-c4cnc(C)cn4)[nH]c(=O)c3C2)cc1OC.